The molecule has 3 rings (SSSR count). The molecule has 2 aliphatic rings. The summed E-state index contributed by atoms with van der Waals surface area (Å²) in [5.41, 5.74) is -1.23. The van der Waals surface area contributed by atoms with E-state index in [4.69, 9.17) is 9.47 Å². The second kappa shape index (κ2) is 7.85. The van der Waals surface area contributed by atoms with E-state index in [1.165, 1.54) is 16.4 Å². The minimum absolute atomic E-state index is 0.0639. The van der Waals surface area contributed by atoms with Crippen LogP contribution < -0.4 is 0 Å². The highest BCUT2D eigenvalue weighted by Gasteiger charge is 2.49. The first-order valence-corrected chi connectivity index (χ1v) is 11.3. The Morgan fingerprint density at radius 2 is 1.76 bits per heavy atom. The Labute approximate surface area is 171 Å². The van der Waals surface area contributed by atoms with Crippen LogP contribution in [-0.2, 0) is 19.5 Å². The highest BCUT2D eigenvalue weighted by atomic mass is 32.2. The van der Waals surface area contributed by atoms with Gasteiger partial charge < -0.3 is 14.4 Å². The molecule has 2 saturated heterocycles. The van der Waals surface area contributed by atoms with E-state index in [0.29, 0.717) is 25.9 Å². The first-order valence-electron chi connectivity index (χ1n) is 9.84. The van der Waals surface area contributed by atoms with Crippen molar-refractivity contribution in [3.8, 4) is 0 Å². The summed E-state index contributed by atoms with van der Waals surface area (Å²) in [5.74, 6) is -0.482. The zero-order valence-electron chi connectivity index (χ0n) is 17.4. The second-order valence-electron chi connectivity index (χ2n) is 8.63. The molecule has 9 heteroatoms. The number of hydrogen-bond donors (Lipinski definition) is 0. The monoisotopic (exact) mass is 428 g/mol. The topological polar surface area (TPSA) is 76.2 Å². The fraction of sp³-hybridized carbons (Fsp3) is 0.650. The number of hydrogen-bond acceptors (Lipinski definition) is 5. The minimum Gasteiger partial charge on any atom is -0.444 e. The number of halogens is 1. The maximum atomic E-state index is 13.2. The predicted molar refractivity (Wildman–Crippen MR) is 105 cm³/mol. The Hall–Kier alpha value is -1.71. The molecule has 29 heavy (non-hydrogen) atoms. The predicted octanol–water partition coefficient (Wildman–Crippen LogP) is 3.00. The summed E-state index contributed by atoms with van der Waals surface area (Å²) in [5, 5.41) is 0. The summed E-state index contributed by atoms with van der Waals surface area (Å²) in [4.78, 5) is 14.0. The Balaban J connectivity index is 1.74. The van der Waals surface area contributed by atoms with Gasteiger partial charge >= 0.3 is 6.09 Å². The van der Waals surface area contributed by atoms with E-state index in [1.807, 2.05) is 27.7 Å². The summed E-state index contributed by atoms with van der Waals surface area (Å²) >= 11 is 0. The average Bonchev–Trinajstić information content (AvgIpc) is 2.63. The smallest absolute Gasteiger partial charge is 0.410 e. The van der Waals surface area contributed by atoms with Crippen molar-refractivity contribution in [1.29, 1.82) is 0 Å². The zero-order chi connectivity index (χ0) is 21.4. The standard InChI is InChI=1S/C20H29FN2O5S/c1-15-20(9-11-22(12-10-20)18(24)28-19(2,3)4)27-14-13-23(15)29(25,26)17-7-5-16(21)6-8-17/h5-8,15H,9-14H2,1-4H3. The van der Waals surface area contributed by atoms with Gasteiger partial charge in [0.05, 0.1) is 23.1 Å². The number of likely N-dealkylation sites (tertiary alicyclic amines) is 1. The van der Waals surface area contributed by atoms with Crippen LogP contribution in [0.2, 0.25) is 0 Å². The number of rotatable bonds is 2. The van der Waals surface area contributed by atoms with Crippen molar-refractivity contribution in [2.45, 2.75) is 62.7 Å². The lowest BCUT2D eigenvalue weighted by Gasteiger charge is -2.51. The van der Waals surface area contributed by atoms with Crippen LogP contribution in [0, 0.1) is 5.82 Å². The van der Waals surface area contributed by atoms with Gasteiger partial charge in [-0.1, -0.05) is 0 Å². The molecule has 1 atom stereocenters. The third kappa shape index (κ3) is 4.57. The first-order chi connectivity index (χ1) is 13.4. The van der Waals surface area contributed by atoms with Gasteiger partial charge in [0.15, 0.2) is 0 Å². The van der Waals surface area contributed by atoms with Gasteiger partial charge in [-0.25, -0.2) is 17.6 Å². The number of carbonyl (C=O) groups excluding carboxylic acids is 1. The van der Waals surface area contributed by atoms with Crippen LogP contribution in [0.4, 0.5) is 9.18 Å². The molecule has 2 fully saturated rings. The Morgan fingerprint density at radius 1 is 1.17 bits per heavy atom. The molecule has 1 amide bonds. The van der Waals surface area contributed by atoms with E-state index in [1.54, 1.807) is 4.90 Å². The van der Waals surface area contributed by atoms with Crippen LogP contribution in [0.15, 0.2) is 29.2 Å². The number of carbonyl (C=O) groups is 1. The largest absolute Gasteiger partial charge is 0.444 e. The quantitative estimate of drug-likeness (QED) is 0.724. The van der Waals surface area contributed by atoms with E-state index in [-0.39, 0.29) is 24.1 Å². The second-order valence-corrected chi connectivity index (χ2v) is 10.5. The molecular formula is C20H29FN2O5S. The van der Waals surface area contributed by atoms with Crippen LogP contribution >= 0.6 is 0 Å². The molecule has 2 aliphatic heterocycles. The summed E-state index contributed by atoms with van der Waals surface area (Å²) in [6.07, 6.45) is 0.665. The highest BCUT2D eigenvalue weighted by Crippen LogP contribution is 2.38. The molecule has 0 aliphatic carbocycles. The number of benzene rings is 1. The van der Waals surface area contributed by atoms with E-state index >= 15 is 0 Å². The summed E-state index contributed by atoms with van der Waals surface area (Å²) in [7, 11) is -3.78. The van der Waals surface area contributed by atoms with Crippen molar-refractivity contribution >= 4 is 16.1 Å². The molecule has 7 nitrogen and oxygen atoms in total. The van der Waals surface area contributed by atoms with Crippen LogP contribution in [0.5, 0.6) is 0 Å². The molecule has 0 aromatic heterocycles. The molecule has 0 saturated carbocycles. The van der Waals surface area contributed by atoms with Gasteiger partial charge in [0.2, 0.25) is 10.0 Å². The van der Waals surface area contributed by atoms with E-state index in [0.717, 1.165) is 12.1 Å². The average molecular weight is 429 g/mol. The highest BCUT2D eigenvalue weighted by molar-refractivity contribution is 7.89. The molecule has 0 radical (unpaired) electrons. The van der Waals surface area contributed by atoms with Crippen LogP contribution in [-0.4, -0.2) is 67.2 Å². The number of nitrogens with zero attached hydrogens (tertiary/aromatic N) is 2. The van der Waals surface area contributed by atoms with E-state index < -0.39 is 33.1 Å². The van der Waals surface area contributed by atoms with E-state index in [2.05, 4.69) is 0 Å². The molecule has 1 unspecified atom stereocenters. The molecule has 1 aromatic rings. The van der Waals surface area contributed by atoms with Gasteiger partial charge in [0, 0.05) is 19.6 Å². The van der Waals surface area contributed by atoms with Gasteiger partial charge in [-0.15, -0.1) is 0 Å². The summed E-state index contributed by atoms with van der Waals surface area (Å²) in [6, 6.07) is 4.45. The summed E-state index contributed by atoms with van der Waals surface area (Å²) < 4.78 is 52.4. The van der Waals surface area contributed by atoms with Gasteiger partial charge in [-0.05, 0) is 64.8 Å². The Kier molecular flexibility index (Phi) is 5.95. The Bertz CT molecular complexity index is 843. The van der Waals surface area contributed by atoms with Gasteiger partial charge in [-0.2, -0.15) is 4.31 Å². The molecular weight excluding hydrogens is 399 g/mol. The number of morpholine rings is 1. The lowest BCUT2D eigenvalue weighted by Crippen LogP contribution is -2.63. The van der Waals surface area contributed by atoms with Crippen molar-refractivity contribution in [1.82, 2.24) is 9.21 Å². The third-order valence-electron chi connectivity index (χ3n) is 5.58. The molecule has 0 bridgehead atoms. The summed E-state index contributed by atoms with van der Waals surface area (Å²) in [6.45, 7) is 8.68. The van der Waals surface area contributed by atoms with Crippen LogP contribution in [0.1, 0.15) is 40.5 Å². The molecule has 162 valence electrons. The molecule has 1 aromatic carbocycles. The third-order valence-corrected chi connectivity index (χ3v) is 7.56. The molecule has 1 spiro atoms. The van der Waals surface area contributed by atoms with Crippen molar-refractivity contribution in [2.24, 2.45) is 0 Å². The fourth-order valence-corrected chi connectivity index (χ4v) is 5.62. The van der Waals surface area contributed by atoms with E-state index in [9.17, 15) is 17.6 Å². The molecule has 2 heterocycles. The number of amides is 1. The normalized spacial score (nSPS) is 23.2. The lowest BCUT2D eigenvalue weighted by atomic mass is 9.84. The number of piperidine rings is 1. The maximum Gasteiger partial charge on any atom is 0.410 e. The van der Waals surface area contributed by atoms with Crippen molar-refractivity contribution in [3.05, 3.63) is 30.1 Å². The maximum absolute atomic E-state index is 13.2. The van der Waals surface area contributed by atoms with Gasteiger partial charge in [0.1, 0.15) is 11.4 Å². The fourth-order valence-electron chi connectivity index (χ4n) is 3.94. The van der Waals surface area contributed by atoms with Crippen LogP contribution in [0.25, 0.3) is 0 Å². The first kappa shape index (κ1) is 22.0. The molecule has 0 N–H and O–H groups in total. The number of ether oxygens (including phenoxy) is 2. The lowest BCUT2D eigenvalue weighted by molar-refractivity contribution is -0.146. The minimum atomic E-state index is -3.78. The Morgan fingerprint density at radius 3 is 2.31 bits per heavy atom. The van der Waals surface area contributed by atoms with Gasteiger partial charge in [0.25, 0.3) is 0 Å². The SMILES string of the molecule is CC1N(S(=O)(=O)c2ccc(F)cc2)CCOC12CCN(C(=O)OC(C)(C)C)CC2. The van der Waals surface area contributed by atoms with Crippen molar-refractivity contribution in [2.75, 3.05) is 26.2 Å². The van der Waals surface area contributed by atoms with Crippen LogP contribution in [0.3, 0.4) is 0 Å². The zero-order valence-corrected chi connectivity index (χ0v) is 18.2. The van der Waals surface area contributed by atoms with Crippen molar-refractivity contribution in [3.63, 3.8) is 0 Å². The van der Waals surface area contributed by atoms with Crippen molar-refractivity contribution < 1.29 is 27.1 Å². The number of sulfonamides is 1. The van der Waals surface area contributed by atoms with Gasteiger partial charge in [-0.3, -0.25) is 0 Å².